The highest BCUT2D eigenvalue weighted by atomic mass is 32.2. The van der Waals surface area contributed by atoms with Gasteiger partial charge in [0.25, 0.3) is 11.8 Å². The van der Waals surface area contributed by atoms with Crippen LogP contribution in [0.15, 0.2) is 16.7 Å². The highest BCUT2D eigenvalue weighted by Crippen LogP contribution is 2.40. The van der Waals surface area contributed by atoms with Crippen molar-refractivity contribution in [3.8, 4) is 0 Å². The van der Waals surface area contributed by atoms with E-state index in [-0.39, 0.29) is 40.1 Å². The predicted molar refractivity (Wildman–Crippen MR) is 142 cm³/mol. The number of anilines is 1. The number of rotatable bonds is 14. The van der Waals surface area contributed by atoms with Gasteiger partial charge in [-0.2, -0.15) is 23.4 Å². The van der Waals surface area contributed by atoms with Gasteiger partial charge in [0.2, 0.25) is 5.60 Å². The van der Waals surface area contributed by atoms with Gasteiger partial charge >= 0.3 is 16.3 Å². The summed E-state index contributed by atoms with van der Waals surface area (Å²) in [6.45, 7) is 4.44. The number of carbonyl (C=O) groups is 3. The van der Waals surface area contributed by atoms with E-state index in [0.717, 1.165) is 16.1 Å². The number of hydrogen-bond acceptors (Lipinski definition) is 14. The number of amides is 2. The molecule has 0 aromatic carbocycles. The third-order valence-electron chi connectivity index (χ3n) is 6.54. The molecule has 2 aromatic rings. The standard InChI is InChI=1S/C21H30N10O8S2/c1-20(2,5-6-22)24-7-11-8-25-30(28-11)9-13-15(17(33)31(13)41(36,37)38)27-16(32)14(12-10-40-19(23)26-12)29-39-21(3-4-21)18(34)35/h8,10,13,15,24H,3-7,9,22H2,1-2H3,(H2,23,26)(H,27,32)(H,34,35)(H,36,37,38)/t13-,15-/m0/s1. The molecule has 224 valence electrons. The SMILES string of the molecule is CC(C)(CCN)NCc1cnn(C[C@H]2[C@H](NC(=O)C(=NOC3(C(=O)O)CC3)c3csc(N)n3)C(=O)N2S(=O)(=O)O)n1. The molecule has 1 saturated heterocycles. The fourth-order valence-corrected chi connectivity index (χ4v) is 5.41. The van der Waals surface area contributed by atoms with E-state index in [0.29, 0.717) is 25.2 Å². The van der Waals surface area contributed by atoms with Crippen LogP contribution in [0.4, 0.5) is 5.13 Å². The van der Waals surface area contributed by atoms with Gasteiger partial charge in [0.1, 0.15) is 17.8 Å². The Kier molecular flexibility index (Phi) is 8.32. The van der Waals surface area contributed by atoms with Gasteiger partial charge in [-0.25, -0.2) is 14.1 Å². The van der Waals surface area contributed by atoms with E-state index in [2.05, 4.69) is 31.0 Å². The average Bonchev–Trinajstić information content (AvgIpc) is 3.33. The molecule has 2 aromatic heterocycles. The molecule has 0 bridgehead atoms. The third kappa shape index (κ3) is 6.78. The number of oxime groups is 1. The molecule has 18 nitrogen and oxygen atoms in total. The summed E-state index contributed by atoms with van der Waals surface area (Å²) >= 11 is 0.976. The first-order valence-corrected chi connectivity index (χ1v) is 14.6. The van der Waals surface area contributed by atoms with Crippen molar-refractivity contribution in [1.82, 2.24) is 34.9 Å². The Balaban J connectivity index is 1.52. The molecule has 0 unspecified atom stereocenters. The van der Waals surface area contributed by atoms with Gasteiger partial charge < -0.3 is 32.0 Å². The molecule has 1 aliphatic carbocycles. The van der Waals surface area contributed by atoms with Crippen LogP contribution < -0.4 is 22.1 Å². The van der Waals surface area contributed by atoms with Crippen LogP contribution in [0.25, 0.3) is 0 Å². The smallest absolute Gasteiger partial charge is 0.362 e. The number of aliphatic carboxylic acids is 1. The highest BCUT2D eigenvalue weighted by molar-refractivity contribution is 7.84. The maximum Gasteiger partial charge on any atom is 0.362 e. The maximum atomic E-state index is 13.2. The number of carboxylic acids is 1. The fraction of sp³-hybridized carbons (Fsp3) is 0.571. The van der Waals surface area contributed by atoms with Crippen molar-refractivity contribution in [1.29, 1.82) is 0 Å². The molecule has 0 radical (unpaired) electrons. The zero-order valence-corrected chi connectivity index (χ0v) is 23.7. The molecule has 2 aliphatic rings. The van der Waals surface area contributed by atoms with Crippen LogP contribution in [0, 0.1) is 0 Å². The van der Waals surface area contributed by atoms with Crippen LogP contribution in [0.2, 0.25) is 0 Å². The van der Waals surface area contributed by atoms with E-state index in [1.165, 1.54) is 11.6 Å². The van der Waals surface area contributed by atoms with Crippen LogP contribution in [-0.4, -0.2) is 95.6 Å². The summed E-state index contributed by atoms with van der Waals surface area (Å²) < 4.78 is 33.7. The predicted octanol–water partition coefficient (Wildman–Crippen LogP) is -1.93. The third-order valence-corrected chi connectivity index (χ3v) is 8.16. The van der Waals surface area contributed by atoms with Crippen LogP contribution in [0.1, 0.15) is 44.5 Å². The van der Waals surface area contributed by atoms with Gasteiger partial charge in [-0.05, 0) is 26.8 Å². The van der Waals surface area contributed by atoms with Crippen molar-refractivity contribution in [2.75, 3.05) is 12.3 Å². The molecule has 2 fully saturated rings. The Morgan fingerprint density at radius 3 is 2.63 bits per heavy atom. The van der Waals surface area contributed by atoms with E-state index in [1.807, 2.05) is 13.8 Å². The molecule has 0 spiro atoms. The van der Waals surface area contributed by atoms with E-state index < -0.39 is 51.5 Å². The number of β-lactam (4-membered cyclic amide) rings is 1. The molecule has 2 atom stereocenters. The highest BCUT2D eigenvalue weighted by Gasteiger charge is 2.56. The Morgan fingerprint density at radius 1 is 1.37 bits per heavy atom. The first-order valence-electron chi connectivity index (χ1n) is 12.3. The molecule has 3 heterocycles. The second-order valence-electron chi connectivity index (χ2n) is 10.2. The first kappa shape index (κ1) is 30.2. The normalized spacial score (nSPS) is 20.4. The minimum Gasteiger partial charge on any atom is -0.478 e. The summed E-state index contributed by atoms with van der Waals surface area (Å²) in [6, 6.07) is -2.75. The van der Waals surface area contributed by atoms with Gasteiger partial charge in [-0.15, -0.1) is 11.3 Å². The molecule has 4 rings (SSSR count). The Hall–Kier alpha value is -3.72. The molecule has 1 aliphatic heterocycles. The number of nitrogens with one attached hydrogen (secondary N) is 2. The van der Waals surface area contributed by atoms with E-state index in [1.54, 1.807) is 0 Å². The number of aromatic nitrogens is 4. The quantitative estimate of drug-likeness (QED) is 0.0585. The van der Waals surface area contributed by atoms with Gasteiger partial charge in [-0.3, -0.25) is 14.1 Å². The van der Waals surface area contributed by atoms with Crippen LogP contribution in [0.3, 0.4) is 0 Å². The van der Waals surface area contributed by atoms with Gasteiger partial charge in [-0.1, -0.05) is 5.16 Å². The summed E-state index contributed by atoms with van der Waals surface area (Å²) in [4.78, 5) is 47.7. The lowest BCUT2D eigenvalue weighted by Gasteiger charge is -2.43. The molecule has 41 heavy (non-hydrogen) atoms. The average molecular weight is 615 g/mol. The number of thiazole rings is 1. The lowest BCUT2D eigenvalue weighted by Crippen LogP contribution is -2.73. The van der Waals surface area contributed by atoms with Crippen molar-refractivity contribution in [2.24, 2.45) is 10.9 Å². The molecular weight excluding hydrogens is 584 g/mol. The lowest BCUT2D eigenvalue weighted by atomic mass is 9.98. The van der Waals surface area contributed by atoms with Crippen molar-refractivity contribution >= 4 is 50.3 Å². The summed E-state index contributed by atoms with van der Waals surface area (Å²) in [5.74, 6) is -3.40. The molecule has 8 N–H and O–H groups in total. The monoisotopic (exact) mass is 614 g/mol. The van der Waals surface area contributed by atoms with E-state index in [4.69, 9.17) is 16.3 Å². The van der Waals surface area contributed by atoms with Crippen molar-refractivity contribution in [3.05, 3.63) is 23.0 Å². The molecule has 2 amide bonds. The number of hydrogen-bond donors (Lipinski definition) is 6. The van der Waals surface area contributed by atoms with Gasteiger partial charge in [0.05, 0.1) is 18.4 Å². The fourth-order valence-electron chi connectivity index (χ4n) is 3.99. The molecular formula is C21H30N10O8S2. The summed E-state index contributed by atoms with van der Waals surface area (Å²) in [5, 5.41) is 28.5. The van der Waals surface area contributed by atoms with Gasteiger partial charge in [0.15, 0.2) is 10.8 Å². The number of carboxylic acid groups (broad SMARTS) is 1. The minimum atomic E-state index is -4.99. The Morgan fingerprint density at radius 2 is 2.07 bits per heavy atom. The van der Waals surface area contributed by atoms with Crippen molar-refractivity contribution < 1.29 is 37.3 Å². The summed E-state index contributed by atoms with van der Waals surface area (Å²) in [5.41, 5.74) is 9.41. The maximum absolute atomic E-state index is 13.2. The van der Waals surface area contributed by atoms with Crippen LogP contribution in [-0.2, 0) is 42.6 Å². The zero-order chi connectivity index (χ0) is 30.2. The summed E-state index contributed by atoms with van der Waals surface area (Å²) in [6.07, 6.45) is 2.50. The largest absolute Gasteiger partial charge is 0.478 e. The van der Waals surface area contributed by atoms with E-state index >= 15 is 0 Å². The first-order chi connectivity index (χ1) is 19.2. The number of nitrogen functional groups attached to an aromatic ring is 1. The van der Waals surface area contributed by atoms with Crippen molar-refractivity contribution in [2.45, 2.75) is 69.4 Å². The number of carbonyl (C=O) groups excluding carboxylic acids is 2. The second-order valence-corrected chi connectivity index (χ2v) is 12.4. The zero-order valence-electron chi connectivity index (χ0n) is 22.1. The number of nitrogens with two attached hydrogens (primary N) is 2. The summed E-state index contributed by atoms with van der Waals surface area (Å²) in [7, 11) is -4.99. The molecule has 1 saturated carbocycles. The Labute approximate surface area is 238 Å². The van der Waals surface area contributed by atoms with Crippen LogP contribution >= 0.6 is 11.3 Å². The Bertz CT molecular complexity index is 1470. The van der Waals surface area contributed by atoms with E-state index in [9.17, 15) is 32.5 Å². The topological polar surface area (TPSA) is 270 Å². The van der Waals surface area contributed by atoms with Crippen molar-refractivity contribution in [3.63, 3.8) is 0 Å². The molecule has 20 heteroatoms. The second kappa shape index (κ2) is 11.3. The minimum absolute atomic E-state index is 0.0513. The lowest BCUT2D eigenvalue weighted by molar-refractivity contribution is -0.153. The number of nitrogens with zero attached hydrogens (tertiary/aromatic N) is 6. The van der Waals surface area contributed by atoms with Crippen LogP contribution in [0.5, 0.6) is 0 Å². The van der Waals surface area contributed by atoms with Gasteiger partial charge in [0, 0.05) is 30.3 Å².